The van der Waals surface area contributed by atoms with E-state index in [1.807, 2.05) is 13.8 Å². The highest BCUT2D eigenvalue weighted by molar-refractivity contribution is 6.08. The van der Waals surface area contributed by atoms with E-state index in [1.165, 1.54) is 4.90 Å². The first kappa shape index (κ1) is 14.6. The molecule has 0 aliphatic rings. The maximum Gasteiger partial charge on any atom is 0.280 e. The summed E-state index contributed by atoms with van der Waals surface area (Å²) in [4.78, 5) is 13.9. The van der Waals surface area contributed by atoms with Crippen LogP contribution in [0.4, 0.5) is 11.4 Å². The third-order valence-corrected chi connectivity index (χ3v) is 3.30. The molecule has 2 rings (SSSR count). The van der Waals surface area contributed by atoms with Crippen LogP contribution in [0.5, 0.6) is 0 Å². The molecule has 0 saturated heterocycles. The summed E-state index contributed by atoms with van der Waals surface area (Å²) in [6.07, 6.45) is 0. The number of rotatable bonds is 3. The number of aromatic amines is 1. The Labute approximate surface area is 123 Å². The van der Waals surface area contributed by atoms with Crippen molar-refractivity contribution in [3.05, 3.63) is 41.2 Å². The lowest BCUT2D eigenvalue weighted by Crippen LogP contribution is -2.28. The average molecular weight is 283 g/mol. The van der Waals surface area contributed by atoms with Crippen molar-refractivity contribution in [1.82, 2.24) is 10.2 Å². The van der Waals surface area contributed by atoms with Gasteiger partial charge in [0.05, 0.1) is 22.6 Å². The van der Waals surface area contributed by atoms with Gasteiger partial charge in [-0.15, -0.1) is 0 Å². The monoisotopic (exact) mass is 283 g/mol. The molecule has 6 heteroatoms. The fourth-order valence-corrected chi connectivity index (χ4v) is 2.10. The van der Waals surface area contributed by atoms with Gasteiger partial charge in [0, 0.05) is 7.05 Å². The number of nitrogen functional groups attached to an aromatic ring is 1. The van der Waals surface area contributed by atoms with Crippen molar-refractivity contribution >= 4 is 17.3 Å². The standard InChI is InChI=1S/C15H17N5O/c1-9(2)13-12(17)14(19-18-13)15(21)20(3)11-7-5-4-6-10(11)8-16/h4-7,9H,17H2,1-3H3,(H,18,19). The lowest BCUT2D eigenvalue weighted by Gasteiger charge is -2.17. The summed E-state index contributed by atoms with van der Waals surface area (Å²) in [5.74, 6) is -0.200. The van der Waals surface area contributed by atoms with Crippen molar-refractivity contribution in [2.75, 3.05) is 17.7 Å². The maximum atomic E-state index is 12.5. The molecule has 1 amide bonds. The molecular weight excluding hydrogens is 266 g/mol. The average Bonchev–Trinajstić information content (AvgIpc) is 2.87. The quantitative estimate of drug-likeness (QED) is 0.902. The molecule has 6 nitrogen and oxygen atoms in total. The van der Waals surface area contributed by atoms with Crippen LogP contribution >= 0.6 is 0 Å². The van der Waals surface area contributed by atoms with Crippen LogP contribution in [-0.2, 0) is 0 Å². The second kappa shape index (κ2) is 5.67. The smallest absolute Gasteiger partial charge is 0.280 e. The molecular formula is C15H17N5O. The van der Waals surface area contributed by atoms with E-state index in [0.717, 1.165) is 5.69 Å². The number of nitrogens with zero attached hydrogens (tertiary/aromatic N) is 3. The predicted octanol–water partition coefficient (Wildman–Crippen LogP) is 2.26. The molecule has 1 heterocycles. The topological polar surface area (TPSA) is 98.8 Å². The first-order valence-corrected chi connectivity index (χ1v) is 6.58. The molecule has 0 aliphatic heterocycles. The van der Waals surface area contributed by atoms with E-state index in [9.17, 15) is 4.79 Å². The summed E-state index contributed by atoms with van der Waals surface area (Å²) >= 11 is 0. The highest BCUT2D eigenvalue weighted by atomic mass is 16.2. The van der Waals surface area contributed by atoms with Crippen LogP contribution in [0.2, 0.25) is 0 Å². The van der Waals surface area contributed by atoms with Crippen LogP contribution in [0.25, 0.3) is 0 Å². The maximum absolute atomic E-state index is 12.5. The molecule has 0 saturated carbocycles. The molecule has 21 heavy (non-hydrogen) atoms. The van der Waals surface area contributed by atoms with E-state index in [0.29, 0.717) is 16.9 Å². The number of nitrogens with two attached hydrogens (primary N) is 1. The van der Waals surface area contributed by atoms with Crippen LogP contribution in [-0.4, -0.2) is 23.2 Å². The molecule has 0 fully saturated rings. The Morgan fingerprint density at radius 2 is 2.10 bits per heavy atom. The van der Waals surface area contributed by atoms with Gasteiger partial charge in [-0.1, -0.05) is 26.0 Å². The predicted molar refractivity (Wildman–Crippen MR) is 81.0 cm³/mol. The molecule has 3 N–H and O–H groups in total. The van der Waals surface area contributed by atoms with Crippen molar-refractivity contribution < 1.29 is 4.79 Å². The summed E-state index contributed by atoms with van der Waals surface area (Å²) in [5.41, 5.74) is 8.20. The number of benzene rings is 1. The van der Waals surface area contributed by atoms with Crippen molar-refractivity contribution in [2.24, 2.45) is 0 Å². The Hall–Kier alpha value is -2.81. The number of hydrogen-bond acceptors (Lipinski definition) is 4. The molecule has 2 aromatic rings. The number of hydrogen-bond donors (Lipinski definition) is 2. The molecule has 0 unspecified atom stereocenters. The van der Waals surface area contributed by atoms with Gasteiger partial charge in [-0.3, -0.25) is 9.89 Å². The van der Waals surface area contributed by atoms with Gasteiger partial charge in [0.1, 0.15) is 6.07 Å². The van der Waals surface area contributed by atoms with Crippen LogP contribution in [0.1, 0.15) is 41.5 Å². The Kier molecular flexibility index (Phi) is 3.94. The summed E-state index contributed by atoms with van der Waals surface area (Å²) in [5, 5.41) is 15.9. The molecule has 0 spiro atoms. The number of carbonyl (C=O) groups is 1. The number of aromatic nitrogens is 2. The van der Waals surface area contributed by atoms with Gasteiger partial charge in [0.15, 0.2) is 5.69 Å². The highest BCUT2D eigenvalue weighted by Crippen LogP contribution is 2.25. The fourth-order valence-electron chi connectivity index (χ4n) is 2.10. The normalized spacial score (nSPS) is 10.4. The second-order valence-electron chi connectivity index (χ2n) is 5.05. The van der Waals surface area contributed by atoms with Gasteiger partial charge in [-0.25, -0.2) is 0 Å². The summed E-state index contributed by atoms with van der Waals surface area (Å²) in [6.45, 7) is 3.93. The molecule has 0 atom stereocenters. The lowest BCUT2D eigenvalue weighted by atomic mass is 10.1. The van der Waals surface area contributed by atoms with Crippen molar-refractivity contribution in [3.63, 3.8) is 0 Å². The Balaban J connectivity index is 2.39. The third kappa shape index (κ3) is 2.58. The van der Waals surface area contributed by atoms with Gasteiger partial charge in [0.25, 0.3) is 5.91 Å². The molecule has 0 radical (unpaired) electrons. The second-order valence-corrected chi connectivity index (χ2v) is 5.05. The molecule has 0 bridgehead atoms. The zero-order valence-electron chi connectivity index (χ0n) is 12.2. The van der Waals surface area contributed by atoms with E-state index in [-0.39, 0.29) is 17.5 Å². The third-order valence-electron chi connectivity index (χ3n) is 3.30. The Morgan fingerprint density at radius 3 is 2.67 bits per heavy atom. The number of para-hydroxylation sites is 1. The van der Waals surface area contributed by atoms with Crippen LogP contribution < -0.4 is 10.6 Å². The number of nitriles is 1. The number of anilines is 2. The van der Waals surface area contributed by atoms with Crippen molar-refractivity contribution in [2.45, 2.75) is 19.8 Å². The number of amides is 1. The first-order valence-electron chi connectivity index (χ1n) is 6.58. The number of nitrogens with one attached hydrogen (secondary N) is 1. The van der Waals surface area contributed by atoms with Crippen LogP contribution in [0.15, 0.2) is 24.3 Å². The van der Waals surface area contributed by atoms with Gasteiger partial charge < -0.3 is 10.6 Å². The summed E-state index contributed by atoms with van der Waals surface area (Å²) in [7, 11) is 1.60. The number of carbonyl (C=O) groups excluding carboxylic acids is 1. The van der Waals surface area contributed by atoms with Crippen LogP contribution in [0, 0.1) is 11.3 Å². The zero-order chi connectivity index (χ0) is 15.6. The van der Waals surface area contributed by atoms with E-state index in [1.54, 1.807) is 31.3 Å². The van der Waals surface area contributed by atoms with E-state index >= 15 is 0 Å². The minimum absolute atomic E-state index is 0.149. The van der Waals surface area contributed by atoms with Crippen molar-refractivity contribution in [3.8, 4) is 6.07 Å². The van der Waals surface area contributed by atoms with Crippen molar-refractivity contribution in [1.29, 1.82) is 5.26 Å². The number of H-pyrrole nitrogens is 1. The lowest BCUT2D eigenvalue weighted by molar-refractivity contribution is 0.0989. The fraction of sp³-hybridized carbons (Fsp3) is 0.267. The minimum atomic E-state index is -0.349. The van der Waals surface area contributed by atoms with E-state index < -0.39 is 0 Å². The first-order chi connectivity index (χ1) is 9.97. The van der Waals surface area contributed by atoms with Gasteiger partial charge in [-0.05, 0) is 18.1 Å². The molecule has 0 aliphatic carbocycles. The summed E-state index contributed by atoms with van der Waals surface area (Å²) < 4.78 is 0. The summed E-state index contributed by atoms with van der Waals surface area (Å²) in [6, 6.07) is 8.96. The SMILES string of the molecule is CC(C)c1[nH]nc(C(=O)N(C)c2ccccc2C#N)c1N. The minimum Gasteiger partial charge on any atom is -0.395 e. The Morgan fingerprint density at radius 1 is 1.43 bits per heavy atom. The highest BCUT2D eigenvalue weighted by Gasteiger charge is 2.23. The van der Waals surface area contributed by atoms with Crippen LogP contribution in [0.3, 0.4) is 0 Å². The largest absolute Gasteiger partial charge is 0.395 e. The van der Waals surface area contributed by atoms with Gasteiger partial charge in [-0.2, -0.15) is 10.4 Å². The Bertz CT molecular complexity index is 711. The molecule has 1 aromatic heterocycles. The van der Waals surface area contributed by atoms with Gasteiger partial charge >= 0.3 is 0 Å². The molecule has 1 aromatic carbocycles. The van der Waals surface area contributed by atoms with Gasteiger partial charge in [0.2, 0.25) is 0 Å². The van der Waals surface area contributed by atoms with E-state index in [2.05, 4.69) is 16.3 Å². The molecule has 108 valence electrons. The van der Waals surface area contributed by atoms with E-state index in [4.69, 9.17) is 11.0 Å². The zero-order valence-corrected chi connectivity index (χ0v) is 12.2.